The molecule has 1 aromatic rings. The van der Waals surface area contributed by atoms with Crippen LogP contribution >= 0.6 is 0 Å². The largest absolute Gasteiger partial charge is 0.316 e. The zero-order chi connectivity index (χ0) is 11.2. The molecule has 0 saturated heterocycles. The van der Waals surface area contributed by atoms with Crippen LogP contribution in [0.1, 0.15) is 36.3 Å². The van der Waals surface area contributed by atoms with Gasteiger partial charge in [0, 0.05) is 0 Å². The van der Waals surface area contributed by atoms with Gasteiger partial charge < -0.3 is 5.32 Å². The first-order chi connectivity index (χ1) is 8.43. The monoisotopic (exact) mass is 227 g/mol. The Balaban J connectivity index is 1.41. The zero-order valence-electron chi connectivity index (χ0n) is 10.4. The topological polar surface area (TPSA) is 12.0 Å². The van der Waals surface area contributed by atoms with Crippen LogP contribution in [0.15, 0.2) is 24.3 Å². The predicted octanol–water partition coefficient (Wildman–Crippen LogP) is 2.96. The first-order valence-corrected chi connectivity index (χ1v) is 7.22. The lowest BCUT2D eigenvalue weighted by Gasteiger charge is -2.13. The molecule has 0 radical (unpaired) electrons. The Bertz CT molecular complexity index is 421. The molecule has 0 spiro atoms. The van der Waals surface area contributed by atoms with Crippen LogP contribution in [0.4, 0.5) is 0 Å². The Morgan fingerprint density at radius 1 is 1.06 bits per heavy atom. The van der Waals surface area contributed by atoms with Crippen LogP contribution in [-0.4, -0.2) is 13.1 Å². The van der Waals surface area contributed by atoms with Crippen LogP contribution in [0.3, 0.4) is 0 Å². The van der Waals surface area contributed by atoms with Gasteiger partial charge in [0.25, 0.3) is 0 Å². The van der Waals surface area contributed by atoms with Gasteiger partial charge in [-0.1, -0.05) is 24.3 Å². The van der Waals surface area contributed by atoms with Gasteiger partial charge in [-0.15, -0.1) is 0 Å². The van der Waals surface area contributed by atoms with Crippen LogP contribution in [0.25, 0.3) is 0 Å². The van der Waals surface area contributed by atoms with Gasteiger partial charge in [-0.2, -0.15) is 0 Å². The van der Waals surface area contributed by atoms with Crippen LogP contribution in [0, 0.1) is 17.8 Å². The maximum Gasteiger partial charge on any atom is -0.00116 e. The van der Waals surface area contributed by atoms with Gasteiger partial charge in [-0.25, -0.2) is 0 Å². The molecule has 3 atom stereocenters. The number of hydrogen-bond acceptors (Lipinski definition) is 1. The fourth-order valence-corrected chi connectivity index (χ4v) is 3.76. The van der Waals surface area contributed by atoms with Crippen LogP contribution in [0.2, 0.25) is 0 Å². The summed E-state index contributed by atoms with van der Waals surface area (Å²) in [5.74, 6) is 3.85. The molecule has 1 nitrogen and oxygen atoms in total. The van der Waals surface area contributed by atoms with E-state index in [1.807, 2.05) is 0 Å². The van der Waals surface area contributed by atoms with Crippen molar-refractivity contribution in [1.82, 2.24) is 5.32 Å². The van der Waals surface area contributed by atoms with Crippen molar-refractivity contribution in [3.8, 4) is 0 Å². The molecule has 3 unspecified atom stereocenters. The number of rotatable bonds is 4. The summed E-state index contributed by atoms with van der Waals surface area (Å²) in [6, 6.07) is 9.11. The highest BCUT2D eigenvalue weighted by Crippen LogP contribution is 2.59. The van der Waals surface area contributed by atoms with E-state index in [-0.39, 0.29) is 0 Å². The second kappa shape index (κ2) is 3.84. The summed E-state index contributed by atoms with van der Waals surface area (Å²) in [5.41, 5.74) is 3.29. The van der Waals surface area contributed by atoms with Crippen molar-refractivity contribution in [1.29, 1.82) is 0 Å². The zero-order valence-corrected chi connectivity index (χ0v) is 10.4. The second-order valence-corrected chi connectivity index (χ2v) is 6.19. The van der Waals surface area contributed by atoms with E-state index in [0.29, 0.717) is 0 Å². The Hall–Kier alpha value is -0.820. The molecule has 0 bridgehead atoms. The van der Waals surface area contributed by atoms with Crippen molar-refractivity contribution in [3.05, 3.63) is 35.4 Å². The number of nitrogens with one attached hydrogen (secondary N) is 1. The molecule has 0 aromatic heterocycles. The minimum Gasteiger partial charge on any atom is -0.316 e. The molecular weight excluding hydrogens is 206 g/mol. The minimum absolute atomic E-state index is 0.895. The van der Waals surface area contributed by atoms with E-state index in [9.17, 15) is 0 Å². The van der Waals surface area contributed by atoms with Crippen LogP contribution in [-0.2, 0) is 6.42 Å². The number of fused-ring (bicyclic) bond motifs is 3. The highest BCUT2D eigenvalue weighted by atomic mass is 14.9. The Labute approximate surface area is 104 Å². The molecular formula is C16H21N. The first kappa shape index (κ1) is 10.1. The molecule has 1 aromatic carbocycles. The van der Waals surface area contributed by atoms with Gasteiger partial charge in [-0.05, 0) is 73.6 Å². The Morgan fingerprint density at radius 2 is 1.94 bits per heavy atom. The molecule has 1 N–H and O–H groups in total. The second-order valence-electron chi connectivity index (χ2n) is 6.19. The minimum atomic E-state index is 0.895. The van der Waals surface area contributed by atoms with Crippen molar-refractivity contribution in [2.24, 2.45) is 17.8 Å². The van der Waals surface area contributed by atoms with Crippen molar-refractivity contribution in [2.45, 2.75) is 31.6 Å². The van der Waals surface area contributed by atoms with Crippen LogP contribution in [0.5, 0.6) is 0 Å². The molecule has 2 saturated carbocycles. The third-order valence-corrected chi connectivity index (χ3v) is 5.00. The van der Waals surface area contributed by atoms with E-state index in [0.717, 1.165) is 23.7 Å². The summed E-state index contributed by atoms with van der Waals surface area (Å²) in [6.45, 7) is 2.54. The SMILES string of the molecule is c1ccc2c(c1)CCC1C(CNCC3CC3)C21. The fourth-order valence-electron chi connectivity index (χ4n) is 3.76. The molecule has 4 rings (SSSR count). The molecule has 90 valence electrons. The standard InChI is InChI=1S/C16H21N/c1-2-4-13-12(3-1)7-8-14-15(16(13)14)10-17-9-11-5-6-11/h1-4,11,14-17H,5-10H2. The van der Waals surface area contributed by atoms with E-state index >= 15 is 0 Å². The third-order valence-electron chi connectivity index (χ3n) is 5.00. The lowest BCUT2D eigenvalue weighted by atomic mass is 9.92. The average Bonchev–Trinajstić information content (AvgIpc) is 3.25. The highest BCUT2D eigenvalue weighted by molar-refractivity contribution is 5.39. The van der Waals surface area contributed by atoms with Crippen molar-refractivity contribution >= 4 is 0 Å². The Morgan fingerprint density at radius 3 is 2.82 bits per heavy atom. The molecule has 0 amide bonds. The lowest BCUT2D eigenvalue weighted by molar-refractivity contribution is 0.562. The van der Waals surface area contributed by atoms with Crippen LogP contribution < -0.4 is 5.32 Å². The van der Waals surface area contributed by atoms with E-state index < -0.39 is 0 Å². The number of aryl methyl sites for hydroxylation is 1. The maximum atomic E-state index is 3.70. The summed E-state index contributed by atoms with van der Waals surface area (Å²) >= 11 is 0. The molecule has 1 heteroatoms. The molecule has 0 aliphatic heterocycles. The summed E-state index contributed by atoms with van der Waals surface area (Å²) in [6.07, 6.45) is 5.68. The predicted molar refractivity (Wildman–Crippen MR) is 70.1 cm³/mol. The normalized spacial score (nSPS) is 34.0. The van der Waals surface area contributed by atoms with Crippen molar-refractivity contribution in [3.63, 3.8) is 0 Å². The molecule has 0 heterocycles. The van der Waals surface area contributed by atoms with E-state index in [1.165, 1.54) is 38.8 Å². The average molecular weight is 227 g/mol. The summed E-state index contributed by atoms with van der Waals surface area (Å²) in [5, 5.41) is 3.70. The lowest BCUT2D eigenvalue weighted by Crippen LogP contribution is -2.20. The van der Waals surface area contributed by atoms with Crippen molar-refractivity contribution < 1.29 is 0 Å². The van der Waals surface area contributed by atoms with Gasteiger partial charge in [0.15, 0.2) is 0 Å². The van der Waals surface area contributed by atoms with Gasteiger partial charge in [0.1, 0.15) is 0 Å². The molecule has 17 heavy (non-hydrogen) atoms. The summed E-state index contributed by atoms with van der Waals surface area (Å²) in [4.78, 5) is 0. The molecule has 3 aliphatic rings. The van der Waals surface area contributed by atoms with E-state index in [2.05, 4.69) is 29.6 Å². The van der Waals surface area contributed by atoms with Gasteiger partial charge in [-0.3, -0.25) is 0 Å². The van der Waals surface area contributed by atoms with Gasteiger partial charge >= 0.3 is 0 Å². The van der Waals surface area contributed by atoms with E-state index in [4.69, 9.17) is 0 Å². The van der Waals surface area contributed by atoms with Gasteiger partial charge in [0.2, 0.25) is 0 Å². The van der Waals surface area contributed by atoms with Crippen molar-refractivity contribution in [2.75, 3.05) is 13.1 Å². The first-order valence-electron chi connectivity index (χ1n) is 7.22. The quantitative estimate of drug-likeness (QED) is 0.834. The fraction of sp³-hybridized carbons (Fsp3) is 0.625. The van der Waals surface area contributed by atoms with E-state index in [1.54, 1.807) is 11.1 Å². The smallest absolute Gasteiger partial charge is 0.00116 e. The summed E-state index contributed by atoms with van der Waals surface area (Å²) in [7, 11) is 0. The molecule has 2 fully saturated rings. The summed E-state index contributed by atoms with van der Waals surface area (Å²) < 4.78 is 0. The number of benzene rings is 1. The van der Waals surface area contributed by atoms with Gasteiger partial charge in [0.05, 0.1) is 0 Å². The third kappa shape index (κ3) is 1.81. The highest BCUT2D eigenvalue weighted by Gasteiger charge is 2.52. The number of hydrogen-bond donors (Lipinski definition) is 1. The Kier molecular flexibility index (Phi) is 2.29. The molecule has 3 aliphatic carbocycles. The maximum absolute atomic E-state index is 3.70.